The van der Waals surface area contributed by atoms with Crippen molar-refractivity contribution in [2.75, 3.05) is 0 Å². The lowest BCUT2D eigenvalue weighted by Gasteiger charge is -1.90. The van der Waals surface area contributed by atoms with E-state index in [0.717, 1.165) is 0 Å². The van der Waals surface area contributed by atoms with Gasteiger partial charge >= 0.3 is 0 Å². The number of hydrogen-bond acceptors (Lipinski definition) is 0. The molecule has 1 heterocycles. The van der Waals surface area contributed by atoms with E-state index in [0.29, 0.717) is 0 Å². The molecule has 1 aromatic rings. The summed E-state index contributed by atoms with van der Waals surface area (Å²) in [7, 11) is 4.16. The Hall–Kier alpha value is -0.790. The molecule has 0 spiro atoms. The van der Waals surface area contributed by atoms with Gasteiger partial charge in [-0.3, -0.25) is 0 Å². The first-order chi connectivity index (χ1) is 4.55. The van der Waals surface area contributed by atoms with Gasteiger partial charge in [-0.15, -0.1) is 4.68 Å². The third-order valence-electron chi connectivity index (χ3n) is 2.51. The molecule has 2 nitrogen and oxygen atoms in total. The van der Waals surface area contributed by atoms with Crippen molar-refractivity contribution in [2.45, 2.75) is 20.8 Å². The summed E-state index contributed by atoms with van der Waals surface area (Å²) in [5.74, 6) is 0. The van der Waals surface area contributed by atoms with E-state index >= 15 is 0 Å². The molecule has 0 aliphatic carbocycles. The number of nitrogens with zero attached hydrogens (tertiary/aromatic N) is 2. The zero-order chi connectivity index (χ0) is 7.89. The Morgan fingerprint density at radius 3 is 1.80 bits per heavy atom. The van der Waals surface area contributed by atoms with Gasteiger partial charge in [0.05, 0.1) is 12.7 Å². The first-order valence-electron chi connectivity index (χ1n) is 3.54. The molecular weight excluding hydrogens is 124 g/mol. The third-order valence-corrected chi connectivity index (χ3v) is 2.51. The topological polar surface area (TPSA) is 8.81 Å². The van der Waals surface area contributed by atoms with Gasteiger partial charge in [-0.2, -0.15) is 4.68 Å². The highest BCUT2D eigenvalue weighted by Crippen LogP contribution is 2.06. The maximum Gasteiger partial charge on any atom is 0.207 e. The Balaban J connectivity index is 3.44. The van der Waals surface area contributed by atoms with Gasteiger partial charge < -0.3 is 0 Å². The summed E-state index contributed by atoms with van der Waals surface area (Å²) in [6.45, 7) is 6.44. The van der Waals surface area contributed by atoms with E-state index < -0.39 is 0 Å². The van der Waals surface area contributed by atoms with E-state index in [2.05, 4.69) is 44.2 Å². The van der Waals surface area contributed by atoms with Gasteiger partial charge in [-0.1, -0.05) is 0 Å². The minimum absolute atomic E-state index is 1.35. The first-order valence-corrected chi connectivity index (χ1v) is 3.54. The Morgan fingerprint density at radius 2 is 1.70 bits per heavy atom. The van der Waals surface area contributed by atoms with Crippen molar-refractivity contribution in [3.05, 3.63) is 17.0 Å². The molecule has 1 aromatic heterocycles. The minimum Gasteiger partial charge on any atom is -0.161 e. The predicted octanol–water partition coefficient (Wildman–Crippen LogP) is 0.775. The SMILES string of the molecule is Cc1c(C)n(C)[n+](C)c1C. The second kappa shape index (κ2) is 2.11. The van der Waals surface area contributed by atoms with Crippen LogP contribution in [0.2, 0.25) is 0 Å². The Labute approximate surface area is 62.1 Å². The average Bonchev–Trinajstić information content (AvgIpc) is 2.07. The van der Waals surface area contributed by atoms with Crippen molar-refractivity contribution in [1.82, 2.24) is 4.68 Å². The van der Waals surface area contributed by atoms with E-state index in [-0.39, 0.29) is 0 Å². The van der Waals surface area contributed by atoms with Gasteiger partial charge in [0.2, 0.25) is 5.69 Å². The van der Waals surface area contributed by atoms with Gasteiger partial charge in [-0.05, 0) is 13.8 Å². The monoisotopic (exact) mass is 139 g/mol. The molecule has 0 N–H and O–H groups in total. The summed E-state index contributed by atoms with van der Waals surface area (Å²) >= 11 is 0. The zero-order valence-electron chi connectivity index (χ0n) is 7.39. The Bertz CT molecular complexity index is 178. The molecule has 1 rings (SSSR count). The van der Waals surface area contributed by atoms with Crippen LogP contribution in [0.25, 0.3) is 0 Å². The Morgan fingerprint density at radius 1 is 1.20 bits per heavy atom. The lowest BCUT2D eigenvalue weighted by atomic mass is 10.2. The minimum atomic E-state index is 1.35. The lowest BCUT2D eigenvalue weighted by Crippen LogP contribution is -2.39. The maximum atomic E-state index is 2.16. The summed E-state index contributed by atoms with van der Waals surface area (Å²) in [5, 5.41) is 0. The molecule has 0 fully saturated rings. The van der Waals surface area contributed by atoms with Crippen LogP contribution in [0.3, 0.4) is 0 Å². The van der Waals surface area contributed by atoms with E-state index in [1.54, 1.807) is 0 Å². The van der Waals surface area contributed by atoms with Gasteiger partial charge in [0.1, 0.15) is 0 Å². The highest BCUT2D eigenvalue weighted by Gasteiger charge is 2.14. The third kappa shape index (κ3) is 0.753. The fourth-order valence-corrected chi connectivity index (χ4v) is 1.20. The predicted molar refractivity (Wildman–Crippen MR) is 40.8 cm³/mol. The molecule has 0 amide bonds. The van der Waals surface area contributed by atoms with Crippen molar-refractivity contribution in [2.24, 2.45) is 14.1 Å². The molecule has 0 radical (unpaired) electrons. The van der Waals surface area contributed by atoms with Crippen LogP contribution in [0.15, 0.2) is 0 Å². The average molecular weight is 139 g/mol. The van der Waals surface area contributed by atoms with Crippen LogP contribution < -0.4 is 4.68 Å². The van der Waals surface area contributed by atoms with E-state index in [4.69, 9.17) is 0 Å². The number of hydrogen-bond donors (Lipinski definition) is 0. The van der Waals surface area contributed by atoms with Gasteiger partial charge in [0, 0.05) is 12.5 Å². The second-order valence-corrected chi connectivity index (χ2v) is 2.84. The molecule has 0 aliphatic heterocycles. The molecule has 2 heteroatoms. The number of aromatic nitrogens is 2. The molecule has 0 saturated heterocycles. The van der Waals surface area contributed by atoms with Crippen LogP contribution in [-0.4, -0.2) is 4.68 Å². The van der Waals surface area contributed by atoms with Gasteiger partial charge in [-0.25, -0.2) is 0 Å². The van der Waals surface area contributed by atoms with E-state index in [9.17, 15) is 0 Å². The van der Waals surface area contributed by atoms with Crippen LogP contribution in [0, 0.1) is 20.8 Å². The highest BCUT2D eigenvalue weighted by molar-refractivity contribution is 5.17. The van der Waals surface area contributed by atoms with Gasteiger partial charge in [0.15, 0.2) is 7.05 Å². The fourth-order valence-electron chi connectivity index (χ4n) is 1.20. The molecule has 10 heavy (non-hydrogen) atoms. The summed E-state index contributed by atoms with van der Waals surface area (Å²) < 4.78 is 4.31. The summed E-state index contributed by atoms with van der Waals surface area (Å²) in [6, 6.07) is 0. The standard InChI is InChI=1S/C8H15N2/c1-6-7(2)9(4)10(5)8(6)3/h1-5H3/q+1. The van der Waals surface area contributed by atoms with Crippen molar-refractivity contribution >= 4 is 0 Å². The Kier molecular flexibility index (Phi) is 1.55. The van der Waals surface area contributed by atoms with Crippen molar-refractivity contribution < 1.29 is 4.68 Å². The second-order valence-electron chi connectivity index (χ2n) is 2.84. The summed E-state index contributed by atoms with van der Waals surface area (Å²) in [5.41, 5.74) is 4.09. The van der Waals surface area contributed by atoms with E-state index in [1.165, 1.54) is 17.0 Å². The quantitative estimate of drug-likeness (QED) is 0.470. The van der Waals surface area contributed by atoms with Crippen LogP contribution in [0.4, 0.5) is 0 Å². The molecule has 56 valence electrons. The molecule has 0 aliphatic rings. The van der Waals surface area contributed by atoms with Crippen LogP contribution >= 0.6 is 0 Å². The van der Waals surface area contributed by atoms with Crippen LogP contribution in [0.5, 0.6) is 0 Å². The summed E-state index contributed by atoms with van der Waals surface area (Å²) in [6.07, 6.45) is 0. The molecular formula is C8H15N2+. The summed E-state index contributed by atoms with van der Waals surface area (Å²) in [4.78, 5) is 0. The van der Waals surface area contributed by atoms with Crippen molar-refractivity contribution in [1.29, 1.82) is 0 Å². The van der Waals surface area contributed by atoms with Crippen LogP contribution in [-0.2, 0) is 14.1 Å². The van der Waals surface area contributed by atoms with Crippen molar-refractivity contribution in [3.8, 4) is 0 Å². The van der Waals surface area contributed by atoms with Crippen molar-refractivity contribution in [3.63, 3.8) is 0 Å². The van der Waals surface area contributed by atoms with E-state index in [1.807, 2.05) is 0 Å². The van der Waals surface area contributed by atoms with Gasteiger partial charge in [0.25, 0.3) is 0 Å². The molecule has 0 saturated carbocycles. The largest absolute Gasteiger partial charge is 0.207 e. The highest BCUT2D eigenvalue weighted by atomic mass is 15.4. The molecule has 0 bridgehead atoms. The molecule has 0 aromatic carbocycles. The number of rotatable bonds is 0. The lowest BCUT2D eigenvalue weighted by molar-refractivity contribution is -0.756. The molecule has 0 unspecified atom stereocenters. The normalized spacial score (nSPS) is 10.5. The first kappa shape index (κ1) is 7.32. The zero-order valence-corrected chi connectivity index (χ0v) is 7.39. The maximum absolute atomic E-state index is 2.16. The van der Waals surface area contributed by atoms with Crippen LogP contribution in [0.1, 0.15) is 17.0 Å². The molecule has 0 atom stereocenters. The smallest absolute Gasteiger partial charge is 0.161 e. The fraction of sp³-hybridized carbons (Fsp3) is 0.625.